The van der Waals surface area contributed by atoms with Crippen molar-refractivity contribution in [2.24, 2.45) is 5.92 Å². The Balaban J connectivity index is 1.68. The number of benzene rings is 1. The van der Waals surface area contributed by atoms with Crippen molar-refractivity contribution in [2.75, 3.05) is 12.4 Å². The first-order valence-electron chi connectivity index (χ1n) is 8.80. The number of ether oxygens (including phenoxy) is 1. The number of hydrogen-bond acceptors (Lipinski definition) is 5. The van der Waals surface area contributed by atoms with Crippen molar-refractivity contribution in [3.8, 4) is 11.5 Å². The van der Waals surface area contributed by atoms with Gasteiger partial charge in [0.2, 0.25) is 0 Å². The highest BCUT2D eigenvalue weighted by Gasteiger charge is 2.33. The van der Waals surface area contributed by atoms with E-state index in [0.717, 1.165) is 41.3 Å². The number of rotatable bonds is 3. The fourth-order valence-electron chi connectivity index (χ4n) is 3.80. The smallest absolute Gasteiger partial charge is 0.256 e. The molecule has 2 heterocycles. The summed E-state index contributed by atoms with van der Waals surface area (Å²) in [4.78, 5) is 14.2. The zero-order valence-electron chi connectivity index (χ0n) is 14.7. The third-order valence-electron chi connectivity index (χ3n) is 5.33. The van der Waals surface area contributed by atoms with Gasteiger partial charge in [-0.15, -0.1) is 11.3 Å². The number of halogens is 1. The first-order valence-corrected chi connectivity index (χ1v) is 10.7. The topological polar surface area (TPSA) is 70.6 Å². The lowest BCUT2D eigenvalue weighted by Crippen LogP contribution is -2.38. The van der Waals surface area contributed by atoms with E-state index < -0.39 is 0 Å². The minimum Gasteiger partial charge on any atom is -0.504 e. The maximum atomic E-state index is 12.8. The molecule has 0 saturated heterocycles. The van der Waals surface area contributed by atoms with Crippen LogP contribution in [-0.4, -0.2) is 18.1 Å². The minimum atomic E-state index is -0.333. The third-order valence-corrected chi connectivity index (χ3v) is 7.33. The zero-order valence-corrected chi connectivity index (χ0v) is 17.7. The molecule has 1 aromatic heterocycles. The Morgan fingerprint density at radius 2 is 2.19 bits per heavy atom. The summed E-state index contributed by atoms with van der Waals surface area (Å²) in [6.45, 7) is 2.24. The second kappa shape index (κ2) is 6.92. The van der Waals surface area contributed by atoms with Gasteiger partial charge < -0.3 is 20.5 Å². The van der Waals surface area contributed by atoms with Crippen LogP contribution in [0.25, 0.3) is 0 Å². The number of phenolic OH excluding ortho intramolecular Hbond substituents is 1. The average molecular weight is 484 g/mol. The van der Waals surface area contributed by atoms with E-state index >= 15 is 0 Å². The summed E-state index contributed by atoms with van der Waals surface area (Å²) in [7, 11) is 1.53. The summed E-state index contributed by atoms with van der Waals surface area (Å²) in [6.07, 6.45) is 4.09. The largest absolute Gasteiger partial charge is 0.504 e. The van der Waals surface area contributed by atoms with E-state index in [-0.39, 0.29) is 17.8 Å². The number of nitrogens with one attached hydrogen (secondary N) is 2. The molecule has 0 fully saturated rings. The Morgan fingerprint density at radius 3 is 2.92 bits per heavy atom. The van der Waals surface area contributed by atoms with Gasteiger partial charge in [0.1, 0.15) is 11.2 Å². The van der Waals surface area contributed by atoms with Crippen LogP contribution in [0.2, 0.25) is 0 Å². The average Bonchev–Trinajstić information content (AvgIpc) is 3.01. The summed E-state index contributed by atoms with van der Waals surface area (Å²) < 4.78 is 5.94. The van der Waals surface area contributed by atoms with Crippen molar-refractivity contribution in [1.29, 1.82) is 0 Å². The lowest BCUT2D eigenvalue weighted by Gasteiger charge is -2.27. The Kier molecular flexibility index (Phi) is 4.77. The number of amides is 1. The minimum absolute atomic E-state index is 0.0155. The molecule has 0 spiro atoms. The first-order chi connectivity index (χ1) is 12.5. The number of carbonyl (C=O) groups is 1. The van der Waals surface area contributed by atoms with E-state index in [1.165, 1.54) is 24.0 Å². The van der Waals surface area contributed by atoms with Crippen LogP contribution in [0.15, 0.2) is 12.1 Å². The monoisotopic (exact) mass is 484 g/mol. The van der Waals surface area contributed by atoms with E-state index in [1.807, 2.05) is 6.07 Å². The molecule has 4 rings (SSSR count). The van der Waals surface area contributed by atoms with Crippen LogP contribution in [0.1, 0.15) is 52.3 Å². The number of anilines is 1. The summed E-state index contributed by atoms with van der Waals surface area (Å²) >= 11 is 3.79. The van der Waals surface area contributed by atoms with E-state index in [4.69, 9.17) is 4.74 Å². The van der Waals surface area contributed by atoms with Crippen molar-refractivity contribution >= 4 is 44.8 Å². The number of thiophene rings is 1. The van der Waals surface area contributed by atoms with E-state index in [1.54, 1.807) is 17.4 Å². The molecule has 2 atom stereocenters. The lowest BCUT2D eigenvalue weighted by molar-refractivity contribution is 0.0935. The van der Waals surface area contributed by atoms with Gasteiger partial charge in [0.25, 0.3) is 5.91 Å². The second-order valence-electron chi connectivity index (χ2n) is 6.83. The van der Waals surface area contributed by atoms with E-state index in [2.05, 4.69) is 40.1 Å². The summed E-state index contributed by atoms with van der Waals surface area (Å²) in [5, 5.41) is 17.6. The molecule has 0 saturated carbocycles. The molecule has 1 aliphatic heterocycles. The number of methoxy groups -OCH3 is 1. The number of phenols is 1. The van der Waals surface area contributed by atoms with Gasteiger partial charge in [0.05, 0.1) is 16.2 Å². The fraction of sp³-hybridized carbons (Fsp3) is 0.421. The molecule has 0 radical (unpaired) electrons. The number of hydrogen-bond donors (Lipinski definition) is 3. The quantitative estimate of drug-likeness (QED) is 0.564. The van der Waals surface area contributed by atoms with Gasteiger partial charge in [-0.1, -0.05) is 13.3 Å². The molecule has 1 aromatic carbocycles. The number of carbonyl (C=O) groups excluding carboxylic acids is 1. The second-order valence-corrected chi connectivity index (χ2v) is 9.10. The highest BCUT2D eigenvalue weighted by atomic mass is 127. The lowest BCUT2D eigenvalue weighted by atomic mass is 9.85. The van der Waals surface area contributed by atoms with E-state index in [0.29, 0.717) is 9.32 Å². The van der Waals surface area contributed by atoms with Crippen molar-refractivity contribution in [1.82, 2.24) is 5.32 Å². The van der Waals surface area contributed by atoms with Crippen LogP contribution in [0.3, 0.4) is 0 Å². The Bertz CT molecular complexity index is 880. The Hall–Kier alpha value is -1.48. The first kappa shape index (κ1) is 17.9. The normalized spacial score (nSPS) is 21.4. The maximum Gasteiger partial charge on any atom is 0.256 e. The molecule has 1 aliphatic carbocycles. The van der Waals surface area contributed by atoms with Crippen LogP contribution in [0.5, 0.6) is 11.5 Å². The van der Waals surface area contributed by atoms with Crippen molar-refractivity contribution in [3.05, 3.63) is 37.3 Å². The van der Waals surface area contributed by atoms with Crippen LogP contribution >= 0.6 is 33.9 Å². The number of fused-ring (bicyclic) bond motifs is 3. The van der Waals surface area contributed by atoms with Crippen LogP contribution in [0, 0.1) is 9.49 Å². The van der Waals surface area contributed by atoms with Crippen LogP contribution in [0.4, 0.5) is 5.00 Å². The molecule has 26 heavy (non-hydrogen) atoms. The molecule has 0 bridgehead atoms. The van der Waals surface area contributed by atoms with Gasteiger partial charge in [0.15, 0.2) is 11.5 Å². The van der Waals surface area contributed by atoms with Crippen molar-refractivity contribution < 1.29 is 14.6 Å². The molecular weight excluding hydrogens is 463 g/mol. The van der Waals surface area contributed by atoms with Gasteiger partial charge in [-0.3, -0.25) is 4.79 Å². The summed E-state index contributed by atoms with van der Waals surface area (Å²) in [5.74, 6) is 1.24. The zero-order chi connectivity index (χ0) is 18.4. The van der Waals surface area contributed by atoms with Crippen LogP contribution < -0.4 is 15.4 Å². The molecule has 5 nitrogen and oxygen atoms in total. The molecule has 138 valence electrons. The molecule has 2 aromatic rings. The highest BCUT2D eigenvalue weighted by Crippen LogP contribution is 2.44. The molecule has 2 unspecified atom stereocenters. The maximum absolute atomic E-state index is 12.8. The van der Waals surface area contributed by atoms with Crippen molar-refractivity contribution in [3.63, 3.8) is 0 Å². The fourth-order valence-corrected chi connectivity index (χ4v) is 5.81. The molecule has 7 heteroatoms. The van der Waals surface area contributed by atoms with Gasteiger partial charge in [-0.05, 0) is 71.0 Å². The summed E-state index contributed by atoms with van der Waals surface area (Å²) in [5.41, 5.74) is 2.92. The predicted octanol–water partition coefficient (Wildman–Crippen LogP) is 4.44. The highest BCUT2D eigenvalue weighted by molar-refractivity contribution is 14.1. The van der Waals surface area contributed by atoms with Gasteiger partial charge in [-0.25, -0.2) is 0 Å². The SMILES string of the molecule is CCC1CCc2c(sc3c2C(=O)NC(c2cc(I)c(O)c(OC)c2)N3)C1. The van der Waals surface area contributed by atoms with Crippen molar-refractivity contribution in [2.45, 2.75) is 38.8 Å². The summed E-state index contributed by atoms with van der Waals surface area (Å²) in [6, 6.07) is 3.63. The third kappa shape index (κ3) is 2.94. The molecule has 2 aliphatic rings. The van der Waals surface area contributed by atoms with Gasteiger partial charge >= 0.3 is 0 Å². The molecular formula is C19H21IN2O3S. The van der Waals surface area contributed by atoms with Gasteiger partial charge in [0, 0.05) is 4.88 Å². The Labute approximate surface area is 170 Å². The molecule has 1 amide bonds. The standard InChI is InChI=1S/C19H21IN2O3S/c1-3-9-4-5-11-14(6-9)26-19-15(11)18(24)21-17(22-19)10-7-12(20)16(23)13(8-10)25-2/h7-9,17,22-23H,3-6H2,1-2H3,(H,21,24). The van der Waals surface area contributed by atoms with E-state index in [9.17, 15) is 9.90 Å². The van der Waals surface area contributed by atoms with Gasteiger partial charge in [-0.2, -0.15) is 0 Å². The Morgan fingerprint density at radius 1 is 1.38 bits per heavy atom. The number of aromatic hydroxyl groups is 1. The van der Waals surface area contributed by atoms with Crippen LogP contribution in [-0.2, 0) is 12.8 Å². The predicted molar refractivity (Wildman–Crippen MR) is 111 cm³/mol. The molecule has 3 N–H and O–H groups in total.